The zero-order valence-electron chi connectivity index (χ0n) is 10.1. The summed E-state index contributed by atoms with van der Waals surface area (Å²) in [6.45, 7) is 3.69. The largest absolute Gasteiger partial charge is 0.480 e. The maximum Gasteiger partial charge on any atom is 0.322 e. The molecule has 0 saturated carbocycles. The van der Waals surface area contributed by atoms with Gasteiger partial charge in [0.15, 0.2) is 0 Å². The molecule has 1 atom stereocenters. The summed E-state index contributed by atoms with van der Waals surface area (Å²) in [7, 11) is 0. The number of carboxylic acids is 1. The number of halogens is 2. The molecule has 1 rings (SSSR count). The molecule has 0 aromatic heterocycles. The summed E-state index contributed by atoms with van der Waals surface area (Å²) in [5.74, 6) is -1.62. The van der Waals surface area contributed by atoms with Gasteiger partial charge in [-0.1, -0.05) is 30.3 Å². The van der Waals surface area contributed by atoms with E-state index in [0.29, 0.717) is 11.3 Å². The molecule has 0 saturated heterocycles. The second-order valence-electron chi connectivity index (χ2n) is 3.83. The van der Waals surface area contributed by atoms with Crippen molar-refractivity contribution in [3.63, 3.8) is 0 Å². The molecule has 0 aliphatic heterocycles. The minimum Gasteiger partial charge on any atom is -0.480 e. The van der Waals surface area contributed by atoms with Crippen LogP contribution in [0.5, 0.6) is 0 Å². The fourth-order valence-corrected chi connectivity index (χ4v) is 1.41. The van der Waals surface area contributed by atoms with Crippen LogP contribution in [0.25, 0.3) is 6.08 Å². The van der Waals surface area contributed by atoms with Crippen LogP contribution in [0.1, 0.15) is 5.56 Å². The Morgan fingerprint density at radius 2 is 2.32 bits per heavy atom. The van der Waals surface area contributed by atoms with Crippen LogP contribution in [0, 0.1) is 5.82 Å². The van der Waals surface area contributed by atoms with E-state index in [1.165, 1.54) is 18.2 Å². The number of carboxylic acid groups (broad SMARTS) is 1. The van der Waals surface area contributed by atoms with Crippen molar-refractivity contribution in [1.82, 2.24) is 5.32 Å². The first-order valence-electron chi connectivity index (χ1n) is 5.45. The van der Waals surface area contributed by atoms with Gasteiger partial charge < -0.3 is 16.2 Å². The number of benzene rings is 1. The van der Waals surface area contributed by atoms with Crippen LogP contribution in [0.4, 0.5) is 4.39 Å². The van der Waals surface area contributed by atoms with Gasteiger partial charge in [0, 0.05) is 17.8 Å². The average Bonchev–Trinajstić information content (AvgIpc) is 2.37. The van der Waals surface area contributed by atoms with E-state index in [4.69, 9.17) is 22.4 Å². The molecule has 0 amide bonds. The predicted molar refractivity (Wildman–Crippen MR) is 73.2 cm³/mol. The molecular weight excluding hydrogens is 271 g/mol. The lowest BCUT2D eigenvalue weighted by atomic mass is 10.2. The van der Waals surface area contributed by atoms with E-state index in [1.807, 2.05) is 0 Å². The van der Waals surface area contributed by atoms with Gasteiger partial charge in [-0.3, -0.25) is 4.79 Å². The van der Waals surface area contributed by atoms with Crippen LogP contribution in [-0.2, 0) is 4.79 Å². The normalized spacial score (nSPS) is 12.4. The van der Waals surface area contributed by atoms with Gasteiger partial charge in [-0.2, -0.15) is 0 Å². The van der Waals surface area contributed by atoms with Gasteiger partial charge in [-0.05, 0) is 18.2 Å². The molecule has 4 N–H and O–H groups in total. The van der Waals surface area contributed by atoms with Crippen molar-refractivity contribution in [1.29, 1.82) is 0 Å². The summed E-state index contributed by atoms with van der Waals surface area (Å²) in [5, 5.41) is 11.4. The van der Waals surface area contributed by atoms with Gasteiger partial charge in [0.25, 0.3) is 0 Å². The Balaban J connectivity index is 2.59. The van der Waals surface area contributed by atoms with Gasteiger partial charge in [0.2, 0.25) is 0 Å². The zero-order chi connectivity index (χ0) is 14.4. The molecule has 0 heterocycles. The van der Waals surface area contributed by atoms with E-state index in [0.717, 1.165) is 0 Å². The van der Waals surface area contributed by atoms with Crippen LogP contribution in [0.15, 0.2) is 36.6 Å². The number of hydrogen-bond donors (Lipinski definition) is 3. The number of allylic oxidation sites excluding steroid dienone is 1. The van der Waals surface area contributed by atoms with Crippen molar-refractivity contribution in [2.45, 2.75) is 6.04 Å². The van der Waals surface area contributed by atoms with Crippen LogP contribution >= 0.6 is 11.6 Å². The quantitative estimate of drug-likeness (QED) is 0.699. The Hall–Kier alpha value is -1.85. The summed E-state index contributed by atoms with van der Waals surface area (Å²) in [6, 6.07) is 3.62. The van der Waals surface area contributed by atoms with Crippen molar-refractivity contribution in [3.8, 4) is 0 Å². The number of nitrogens with one attached hydrogen (secondary N) is 1. The van der Waals surface area contributed by atoms with Gasteiger partial charge in [-0.25, -0.2) is 4.39 Å². The van der Waals surface area contributed by atoms with E-state index in [9.17, 15) is 9.18 Å². The van der Waals surface area contributed by atoms with Crippen molar-refractivity contribution >= 4 is 23.6 Å². The third-order valence-corrected chi connectivity index (χ3v) is 2.60. The molecule has 0 aliphatic carbocycles. The molecule has 1 aromatic rings. The van der Waals surface area contributed by atoms with Crippen molar-refractivity contribution in [3.05, 3.63) is 53.0 Å². The fraction of sp³-hybridized carbons (Fsp3) is 0.154. The molecule has 0 fully saturated rings. The monoisotopic (exact) mass is 284 g/mol. The molecule has 1 unspecified atom stereocenters. The Labute approximate surface area is 115 Å². The lowest BCUT2D eigenvalue weighted by Gasteiger charge is -2.09. The Morgan fingerprint density at radius 1 is 1.63 bits per heavy atom. The molecule has 0 aliphatic rings. The van der Waals surface area contributed by atoms with E-state index in [2.05, 4.69) is 11.9 Å². The van der Waals surface area contributed by atoms with Gasteiger partial charge in [0.05, 0.1) is 5.02 Å². The summed E-state index contributed by atoms with van der Waals surface area (Å²) >= 11 is 5.64. The molecule has 0 spiro atoms. The second kappa shape index (κ2) is 6.92. The van der Waals surface area contributed by atoms with Gasteiger partial charge in [-0.15, -0.1) is 0 Å². The molecule has 102 valence electrons. The number of nitrogens with two attached hydrogens (primary N) is 1. The maximum atomic E-state index is 13.5. The van der Waals surface area contributed by atoms with Crippen LogP contribution in [0.3, 0.4) is 0 Å². The Morgan fingerprint density at radius 3 is 2.95 bits per heavy atom. The number of hydrogen-bond acceptors (Lipinski definition) is 3. The van der Waals surface area contributed by atoms with Gasteiger partial charge in [0.1, 0.15) is 11.9 Å². The minimum atomic E-state index is -1.11. The SMILES string of the molecule is C=C(/C=C/c1cccc(Cl)c1F)NCC(N)C(=O)O. The highest BCUT2D eigenvalue weighted by molar-refractivity contribution is 6.30. The predicted octanol–water partition coefficient (Wildman–Crippen LogP) is 2.01. The topological polar surface area (TPSA) is 75.3 Å². The first-order chi connectivity index (χ1) is 8.91. The lowest BCUT2D eigenvalue weighted by molar-refractivity contribution is -0.138. The summed E-state index contributed by atoms with van der Waals surface area (Å²) in [6.07, 6.45) is 3.01. The summed E-state index contributed by atoms with van der Waals surface area (Å²) < 4.78 is 13.5. The fourth-order valence-electron chi connectivity index (χ4n) is 1.23. The maximum absolute atomic E-state index is 13.5. The van der Waals surface area contributed by atoms with Crippen LogP contribution < -0.4 is 11.1 Å². The molecule has 19 heavy (non-hydrogen) atoms. The van der Waals surface area contributed by atoms with E-state index in [-0.39, 0.29) is 11.6 Å². The van der Waals surface area contributed by atoms with Gasteiger partial charge >= 0.3 is 5.97 Å². The second-order valence-corrected chi connectivity index (χ2v) is 4.23. The third-order valence-electron chi connectivity index (χ3n) is 2.31. The molecule has 1 aromatic carbocycles. The molecule has 0 bridgehead atoms. The average molecular weight is 285 g/mol. The van der Waals surface area contributed by atoms with E-state index in [1.54, 1.807) is 12.1 Å². The standard InChI is InChI=1S/C13H14ClFN2O2/c1-8(17-7-11(16)13(18)19)5-6-9-3-2-4-10(14)12(9)15/h2-6,11,17H,1,7,16H2,(H,18,19)/b6-5+. The first kappa shape index (κ1) is 15.2. The highest BCUT2D eigenvalue weighted by Gasteiger charge is 2.10. The van der Waals surface area contributed by atoms with Crippen LogP contribution in [-0.4, -0.2) is 23.7 Å². The molecule has 0 radical (unpaired) electrons. The van der Waals surface area contributed by atoms with Crippen molar-refractivity contribution in [2.24, 2.45) is 5.73 Å². The summed E-state index contributed by atoms with van der Waals surface area (Å²) in [5.41, 5.74) is 6.06. The zero-order valence-corrected chi connectivity index (χ0v) is 10.8. The minimum absolute atomic E-state index is 0.0358. The van der Waals surface area contributed by atoms with Crippen molar-refractivity contribution < 1.29 is 14.3 Å². The highest BCUT2D eigenvalue weighted by atomic mass is 35.5. The molecule has 4 nitrogen and oxygen atoms in total. The summed E-state index contributed by atoms with van der Waals surface area (Å²) in [4.78, 5) is 10.5. The smallest absolute Gasteiger partial charge is 0.322 e. The lowest BCUT2D eigenvalue weighted by Crippen LogP contribution is -2.39. The number of carbonyl (C=O) groups is 1. The van der Waals surface area contributed by atoms with Crippen molar-refractivity contribution in [2.75, 3.05) is 6.54 Å². The number of aliphatic carboxylic acids is 1. The first-order valence-corrected chi connectivity index (χ1v) is 5.83. The highest BCUT2D eigenvalue weighted by Crippen LogP contribution is 2.19. The Kier molecular flexibility index (Phi) is 5.54. The third kappa shape index (κ3) is 4.73. The Bertz CT molecular complexity index is 517. The molecular formula is C13H14ClFN2O2. The van der Waals surface area contributed by atoms with E-state index < -0.39 is 17.8 Å². The van der Waals surface area contributed by atoms with Crippen LogP contribution in [0.2, 0.25) is 5.02 Å². The number of rotatable bonds is 6. The molecule has 6 heteroatoms. The van der Waals surface area contributed by atoms with E-state index >= 15 is 0 Å².